The van der Waals surface area contributed by atoms with Gasteiger partial charge in [0.1, 0.15) is 0 Å². The van der Waals surface area contributed by atoms with E-state index in [1.165, 1.54) is 0 Å². The summed E-state index contributed by atoms with van der Waals surface area (Å²) in [6, 6.07) is 12.9. The van der Waals surface area contributed by atoms with E-state index in [0.29, 0.717) is 40.4 Å². The largest absolute Gasteiger partial charge is 0.339 e. The zero-order valence-electron chi connectivity index (χ0n) is 15.4. The number of likely N-dealkylation sites (tertiary alicyclic amines) is 1. The molecule has 0 N–H and O–H groups in total. The van der Waals surface area contributed by atoms with Crippen LogP contribution in [0.5, 0.6) is 0 Å². The number of piperidine rings is 1. The number of halogens is 2. The number of nitrogens with zero attached hydrogens (tertiary/aromatic N) is 3. The lowest BCUT2D eigenvalue weighted by molar-refractivity contribution is 0.0695. The van der Waals surface area contributed by atoms with Crippen LogP contribution < -0.4 is 0 Å². The van der Waals surface area contributed by atoms with Gasteiger partial charge in [0.25, 0.3) is 5.91 Å². The van der Waals surface area contributed by atoms with Gasteiger partial charge in [0, 0.05) is 34.3 Å². The van der Waals surface area contributed by atoms with Crippen molar-refractivity contribution in [3.8, 4) is 11.4 Å². The van der Waals surface area contributed by atoms with Crippen LogP contribution in [-0.4, -0.2) is 34.0 Å². The Morgan fingerprint density at radius 1 is 1.18 bits per heavy atom. The van der Waals surface area contributed by atoms with Gasteiger partial charge in [0.05, 0.1) is 5.92 Å². The van der Waals surface area contributed by atoms with E-state index >= 15 is 0 Å². The van der Waals surface area contributed by atoms with E-state index in [0.717, 1.165) is 24.0 Å². The number of hydrogen-bond donors (Lipinski definition) is 0. The highest BCUT2D eigenvalue weighted by Crippen LogP contribution is 2.29. The number of aromatic nitrogens is 2. The molecule has 7 heteroatoms. The predicted octanol–water partition coefficient (Wildman–Crippen LogP) is 5.37. The van der Waals surface area contributed by atoms with E-state index in [1.54, 1.807) is 23.1 Å². The van der Waals surface area contributed by atoms with Gasteiger partial charge in [-0.15, -0.1) is 0 Å². The summed E-state index contributed by atoms with van der Waals surface area (Å²) in [6.45, 7) is 3.23. The maximum absolute atomic E-state index is 12.9. The van der Waals surface area contributed by atoms with Crippen molar-refractivity contribution in [3.05, 3.63) is 69.5 Å². The summed E-state index contributed by atoms with van der Waals surface area (Å²) in [5.41, 5.74) is 2.55. The van der Waals surface area contributed by atoms with E-state index < -0.39 is 0 Å². The van der Waals surface area contributed by atoms with Gasteiger partial charge in [-0.05, 0) is 44.0 Å². The van der Waals surface area contributed by atoms with E-state index in [4.69, 9.17) is 27.7 Å². The Kier molecular flexibility index (Phi) is 5.38. The Hall–Kier alpha value is -2.37. The van der Waals surface area contributed by atoms with Crippen molar-refractivity contribution in [2.24, 2.45) is 0 Å². The van der Waals surface area contributed by atoms with Gasteiger partial charge >= 0.3 is 0 Å². The Balaban J connectivity index is 1.52. The van der Waals surface area contributed by atoms with E-state index in [9.17, 15) is 4.79 Å². The molecular formula is C21H19Cl2N3O2. The minimum atomic E-state index is -0.0903. The van der Waals surface area contributed by atoms with Crippen LogP contribution in [0.1, 0.15) is 40.6 Å². The fourth-order valence-corrected chi connectivity index (χ4v) is 4.05. The van der Waals surface area contributed by atoms with Gasteiger partial charge in [-0.2, -0.15) is 4.98 Å². The summed E-state index contributed by atoms with van der Waals surface area (Å²) in [7, 11) is 0. The van der Waals surface area contributed by atoms with Crippen LogP contribution >= 0.6 is 23.2 Å². The van der Waals surface area contributed by atoms with Crippen LogP contribution in [0.2, 0.25) is 10.0 Å². The monoisotopic (exact) mass is 415 g/mol. The van der Waals surface area contributed by atoms with Crippen molar-refractivity contribution < 1.29 is 9.32 Å². The van der Waals surface area contributed by atoms with Crippen molar-refractivity contribution in [1.82, 2.24) is 15.0 Å². The average Bonchev–Trinajstić information content (AvgIpc) is 3.17. The molecule has 1 aliphatic rings. The molecule has 0 bridgehead atoms. The Bertz CT molecular complexity index is 998. The molecule has 0 saturated carbocycles. The third kappa shape index (κ3) is 4.05. The highest BCUT2D eigenvalue weighted by atomic mass is 35.5. The zero-order chi connectivity index (χ0) is 19.7. The number of rotatable bonds is 3. The average molecular weight is 416 g/mol. The standard InChI is InChI=1S/C21H19Cl2N3O2/c1-13-4-2-5-14(8-13)19-24-20(28-25-19)15-6-3-7-26(12-15)21(27)16-9-17(22)11-18(23)10-16/h2,4-5,8-11,15H,3,6-7,12H2,1H3. The molecule has 1 amide bonds. The Labute approximate surface area is 173 Å². The summed E-state index contributed by atoms with van der Waals surface area (Å²) in [4.78, 5) is 19.3. The van der Waals surface area contributed by atoms with Gasteiger partial charge in [-0.1, -0.05) is 52.1 Å². The van der Waals surface area contributed by atoms with Crippen LogP contribution in [0.4, 0.5) is 0 Å². The van der Waals surface area contributed by atoms with E-state index in [1.807, 2.05) is 31.2 Å². The van der Waals surface area contributed by atoms with Crippen molar-refractivity contribution in [2.45, 2.75) is 25.7 Å². The highest BCUT2D eigenvalue weighted by Gasteiger charge is 2.29. The molecule has 3 aromatic rings. The molecule has 1 atom stereocenters. The van der Waals surface area contributed by atoms with E-state index in [2.05, 4.69) is 10.1 Å². The molecule has 0 aliphatic carbocycles. The van der Waals surface area contributed by atoms with Crippen molar-refractivity contribution in [1.29, 1.82) is 0 Å². The topological polar surface area (TPSA) is 59.2 Å². The highest BCUT2D eigenvalue weighted by molar-refractivity contribution is 6.35. The first-order chi connectivity index (χ1) is 13.5. The van der Waals surface area contributed by atoms with Crippen LogP contribution in [0, 0.1) is 6.92 Å². The molecule has 1 aliphatic heterocycles. The van der Waals surface area contributed by atoms with Gasteiger partial charge in [-0.3, -0.25) is 4.79 Å². The fourth-order valence-electron chi connectivity index (χ4n) is 3.53. The van der Waals surface area contributed by atoms with Crippen LogP contribution in [0.3, 0.4) is 0 Å². The molecule has 1 unspecified atom stereocenters. The van der Waals surface area contributed by atoms with Gasteiger partial charge in [0.2, 0.25) is 11.7 Å². The number of amides is 1. The van der Waals surface area contributed by atoms with Crippen molar-refractivity contribution >= 4 is 29.1 Å². The minimum absolute atomic E-state index is 0.0124. The third-order valence-electron chi connectivity index (χ3n) is 4.89. The maximum Gasteiger partial charge on any atom is 0.253 e. The van der Waals surface area contributed by atoms with Crippen molar-refractivity contribution in [3.63, 3.8) is 0 Å². The molecule has 1 saturated heterocycles. The molecule has 2 heterocycles. The molecular weight excluding hydrogens is 397 g/mol. The van der Waals surface area contributed by atoms with Gasteiger partial charge in [-0.25, -0.2) is 0 Å². The van der Waals surface area contributed by atoms with Crippen LogP contribution in [0.15, 0.2) is 47.0 Å². The summed E-state index contributed by atoms with van der Waals surface area (Å²) in [5, 5.41) is 5.03. The Morgan fingerprint density at radius 3 is 2.71 bits per heavy atom. The molecule has 1 aromatic heterocycles. The van der Waals surface area contributed by atoms with Crippen LogP contribution in [0.25, 0.3) is 11.4 Å². The molecule has 2 aromatic carbocycles. The molecule has 0 radical (unpaired) electrons. The van der Waals surface area contributed by atoms with E-state index in [-0.39, 0.29) is 11.8 Å². The second-order valence-electron chi connectivity index (χ2n) is 7.07. The quantitative estimate of drug-likeness (QED) is 0.576. The second-order valence-corrected chi connectivity index (χ2v) is 7.95. The smallest absolute Gasteiger partial charge is 0.253 e. The van der Waals surface area contributed by atoms with Crippen LogP contribution in [-0.2, 0) is 0 Å². The summed E-state index contributed by atoms with van der Waals surface area (Å²) in [6.07, 6.45) is 1.77. The maximum atomic E-state index is 12.9. The van der Waals surface area contributed by atoms with Gasteiger partial charge in [0.15, 0.2) is 0 Å². The first-order valence-electron chi connectivity index (χ1n) is 9.15. The molecule has 0 spiro atoms. The molecule has 1 fully saturated rings. The van der Waals surface area contributed by atoms with Gasteiger partial charge < -0.3 is 9.42 Å². The first kappa shape index (κ1) is 19.0. The number of benzene rings is 2. The summed E-state index contributed by atoms with van der Waals surface area (Å²) < 4.78 is 5.53. The number of carbonyl (C=O) groups excluding carboxylic acids is 1. The lowest BCUT2D eigenvalue weighted by Gasteiger charge is -2.31. The number of aryl methyl sites for hydroxylation is 1. The SMILES string of the molecule is Cc1cccc(-c2noc(C3CCCN(C(=O)c4cc(Cl)cc(Cl)c4)C3)n2)c1. The molecule has 28 heavy (non-hydrogen) atoms. The number of carbonyl (C=O) groups is 1. The lowest BCUT2D eigenvalue weighted by Crippen LogP contribution is -2.39. The second kappa shape index (κ2) is 7.94. The minimum Gasteiger partial charge on any atom is -0.339 e. The first-order valence-corrected chi connectivity index (χ1v) is 9.91. The third-order valence-corrected chi connectivity index (χ3v) is 5.32. The number of hydrogen-bond acceptors (Lipinski definition) is 4. The fraction of sp³-hybridized carbons (Fsp3) is 0.286. The summed E-state index contributed by atoms with van der Waals surface area (Å²) >= 11 is 12.1. The normalized spacial score (nSPS) is 17.0. The summed E-state index contributed by atoms with van der Waals surface area (Å²) in [5.74, 6) is 1.06. The lowest BCUT2D eigenvalue weighted by atomic mass is 9.97. The molecule has 144 valence electrons. The zero-order valence-corrected chi connectivity index (χ0v) is 16.9. The van der Waals surface area contributed by atoms with Crippen molar-refractivity contribution in [2.75, 3.05) is 13.1 Å². The molecule has 5 nitrogen and oxygen atoms in total. The predicted molar refractivity (Wildman–Crippen MR) is 109 cm³/mol. The Morgan fingerprint density at radius 2 is 1.96 bits per heavy atom. The molecule has 4 rings (SSSR count).